The lowest BCUT2D eigenvalue weighted by Crippen LogP contribution is -2.49. The molecule has 0 aromatic heterocycles. The fraction of sp³-hybridized carbons (Fsp3) is 0.700. The van der Waals surface area contributed by atoms with E-state index in [1.54, 1.807) is 11.1 Å². The Morgan fingerprint density at radius 2 is 1.96 bits per heavy atom. The summed E-state index contributed by atoms with van der Waals surface area (Å²) in [6.07, 6.45) is 6.68. The number of fused-ring (bicyclic) bond motifs is 1. The summed E-state index contributed by atoms with van der Waals surface area (Å²) in [7, 11) is 2.37. The van der Waals surface area contributed by atoms with E-state index in [1.807, 2.05) is 0 Å². The summed E-state index contributed by atoms with van der Waals surface area (Å²) in [5.41, 5.74) is 5.07. The molecule has 3 fully saturated rings. The van der Waals surface area contributed by atoms with Crippen molar-refractivity contribution in [2.45, 2.75) is 61.5 Å². The zero-order chi connectivity index (χ0) is 16.1. The third-order valence-electron chi connectivity index (χ3n) is 6.66. The Morgan fingerprint density at radius 1 is 1.17 bits per heavy atom. The standard InChI is InChI=1S/C20H29NS2/c1-4-16-13-17(6-5-15(16)2)19-7-8-20(22-11-12-23-20)14-18(19)21(3)10-9-19/h5-6,13,18H,4,7-12,14H2,1-3H3. The van der Waals surface area contributed by atoms with E-state index in [2.05, 4.69) is 67.5 Å². The number of hydrogen-bond donors (Lipinski definition) is 0. The van der Waals surface area contributed by atoms with Crippen molar-refractivity contribution in [1.82, 2.24) is 4.90 Å². The quantitative estimate of drug-likeness (QED) is 0.752. The second-order valence-corrected chi connectivity index (χ2v) is 10.9. The fourth-order valence-electron chi connectivity index (χ4n) is 5.18. The lowest BCUT2D eigenvalue weighted by atomic mass is 9.65. The average molecular weight is 348 g/mol. The average Bonchev–Trinajstić information content (AvgIpc) is 3.15. The summed E-state index contributed by atoms with van der Waals surface area (Å²) >= 11 is 4.51. The summed E-state index contributed by atoms with van der Waals surface area (Å²) in [5.74, 6) is 2.72. The topological polar surface area (TPSA) is 3.24 Å². The van der Waals surface area contributed by atoms with Gasteiger partial charge < -0.3 is 4.90 Å². The fourth-order valence-corrected chi connectivity index (χ4v) is 8.46. The molecule has 1 aromatic carbocycles. The molecule has 0 amide bonds. The maximum absolute atomic E-state index is 2.67. The van der Waals surface area contributed by atoms with Gasteiger partial charge in [-0.05, 0) is 69.3 Å². The summed E-state index contributed by atoms with van der Waals surface area (Å²) in [6.45, 7) is 5.83. The number of likely N-dealkylation sites (N-methyl/N-ethyl adjacent to an activating group) is 1. The van der Waals surface area contributed by atoms with Gasteiger partial charge in [-0.15, -0.1) is 23.5 Å². The van der Waals surface area contributed by atoms with Gasteiger partial charge in [0.05, 0.1) is 4.08 Å². The van der Waals surface area contributed by atoms with Crippen LogP contribution < -0.4 is 0 Å². The molecule has 1 aromatic rings. The van der Waals surface area contributed by atoms with Crippen LogP contribution in [0.5, 0.6) is 0 Å². The predicted octanol–water partition coefficient (Wildman–Crippen LogP) is 4.86. The molecule has 0 radical (unpaired) electrons. The van der Waals surface area contributed by atoms with Gasteiger partial charge in [-0.3, -0.25) is 0 Å². The number of rotatable bonds is 2. The molecule has 2 aliphatic heterocycles. The molecule has 0 N–H and O–H groups in total. The SMILES string of the molecule is CCc1cc(C23CCN(C)C2CC2(CC3)SCCS2)ccc1C. The lowest BCUT2D eigenvalue weighted by molar-refractivity contribution is 0.179. The van der Waals surface area contributed by atoms with Crippen LogP contribution in [-0.4, -0.2) is 40.1 Å². The molecule has 1 spiro atoms. The first-order chi connectivity index (χ1) is 11.1. The van der Waals surface area contributed by atoms with Crippen LogP contribution in [0.4, 0.5) is 0 Å². The van der Waals surface area contributed by atoms with Gasteiger partial charge in [0.15, 0.2) is 0 Å². The van der Waals surface area contributed by atoms with Gasteiger partial charge in [0.2, 0.25) is 0 Å². The number of nitrogens with zero attached hydrogens (tertiary/aromatic N) is 1. The summed E-state index contributed by atoms with van der Waals surface area (Å²) in [5, 5.41) is 0. The van der Waals surface area contributed by atoms with Gasteiger partial charge in [-0.25, -0.2) is 0 Å². The lowest BCUT2D eigenvalue weighted by Gasteiger charge is -2.48. The van der Waals surface area contributed by atoms with Gasteiger partial charge in [0, 0.05) is 23.0 Å². The largest absolute Gasteiger partial charge is 0.302 e. The van der Waals surface area contributed by atoms with Crippen molar-refractivity contribution < 1.29 is 0 Å². The Labute approximate surface area is 150 Å². The van der Waals surface area contributed by atoms with E-state index in [4.69, 9.17) is 0 Å². The summed E-state index contributed by atoms with van der Waals surface area (Å²) in [4.78, 5) is 2.67. The van der Waals surface area contributed by atoms with Crippen LogP contribution in [0.3, 0.4) is 0 Å². The van der Waals surface area contributed by atoms with E-state index >= 15 is 0 Å². The van der Waals surface area contributed by atoms with E-state index in [-0.39, 0.29) is 0 Å². The van der Waals surface area contributed by atoms with Crippen LogP contribution >= 0.6 is 23.5 Å². The minimum Gasteiger partial charge on any atom is -0.302 e. The van der Waals surface area contributed by atoms with Gasteiger partial charge >= 0.3 is 0 Å². The van der Waals surface area contributed by atoms with E-state index in [0.29, 0.717) is 9.49 Å². The van der Waals surface area contributed by atoms with Crippen LogP contribution in [0.15, 0.2) is 18.2 Å². The number of aryl methyl sites for hydroxylation is 2. The van der Waals surface area contributed by atoms with E-state index < -0.39 is 0 Å². The van der Waals surface area contributed by atoms with Crippen LogP contribution in [0, 0.1) is 6.92 Å². The van der Waals surface area contributed by atoms with Crippen molar-refractivity contribution in [3.63, 3.8) is 0 Å². The van der Waals surface area contributed by atoms with Crippen LogP contribution in [0.25, 0.3) is 0 Å². The van der Waals surface area contributed by atoms with Crippen LogP contribution in [-0.2, 0) is 11.8 Å². The third-order valence-corrected chi connectivity index (χ3v) is 10.2. The smallest absolute Gasteiger partial charge is 0.0627 e. The predicted molar refractivity (Wildman–Crippen MR) is 105 cm³/mol. The minimum atomic E-state index is 0.418. The highest BCUT2D eigenvalue weighted by molar-refractivity contribution is 8.21. The Hall–Kier alpha value is -0.120. The Balaban J connectivity index is 1.71. The highest BCUT2D eigenvalue weighted by atomic mass is 32.2. The molecule has 1 nitrogen and oxygen atoms in total. The molecule has 3 heteroatoms. The molecule has 1 aliphatic carbocycles. The van der Waals surface area contributed by atoms with Crippen molar-refractivity contribution in [3.8, 4) is 0 Å². The number of hydrogen-bond acceptors (Lipinski definition) is 3. The second kappa shape index (κ2) is 6.00. The maximum Gasteiger partial charge on any atom is 0.0627 e. The van der Waals surface area contributed by atoms with Crippen molar-refractivity contribution in [2.75, 3.05) is 25.1 Å². The molecule has 2 saturated heterocycles. The summed E-state index contributed by atoms with van der Waals surface area (Å²) < 4.78 is 0.533. The number of likely N-dealkylation sites (tertiary alicyclic amines) is 1. The highest BCUT2D eigenvalue weighted by Gasteiger charge is 2.55. The third kappa shape index (κ3) is 2.58. The Morgan fingerprint density at radius 3 is 2.70 bits per heavy atom. The van der Waals surface area contributed by atoms with Gasteiger partial charge in [0.25, 0.3) is 0 Å². The molecular weight excluding hydrogens is 318 g/mol. The number of benzene rings is 1. The molecule has 23 heavy (non-hydrogen) atoms. The Kier molecular flexibility index (Phi) is 4.26. The van der Waals surface area contributed by atoms with E-state index in [0.717, 1.165) is 12.5 Å². The van der Waals surface area contributed by atoms with Crippen LogP contribution in [0.2, 0.25) is 0 Å². The minimum absolute atomic E-state index is 0.418. The van der Waals surface area contributed by atoms with E-state index in [1.165, 1.54) is 49.3 Å². The normalized spacial score (nSPS) is 33.3. The molecule has 2 heterocycles. The van der Waals surface area contributed by atoms with Crippen molar-refractivity contribution >= 4 is 23.5 Å². The highest BCUT2D eigenvalue weighted by Crippen LogP contribution is 2.60. The first-order valence-electron chi connectivity index (χ1n) is 9.17. The molecule has 126 valence electrons. The number of thioether (sulfide) groups is 2. The van der Waals surface area contributed by atoms with E-state index in [9.17, 15) is 0 Å². The molecule has 2 unspecified atom stereocenters. The molecule has 0 bridgehead atoms. The zero-order valence-corrected chi connectivity index (χ0v) is 16.4. The molecule has 4 rings (SSSR count). The van der Waals surface area contributed by atoms with Crippen molar-refractivity contribution in [1.29, 1.82) is 0 Å². The molecule has 3 aliphatic rings. The van der Waals surface area contributed by atoms with Crippen LogP contribution in [0.1, 0.15) is 49.3 Å². The van der Waals surface area contributed by atoms with Gasteiger partial charge in [-0.1, -0.05) is 25.1 Å². The first kappa shape index (κ1) is 16.4. The maximum atomic E-state index is 2.67. The second-order valence-electron chi connectivity index (χ2n) is 7.71. The zero-order valence-electron chi connectivity index (χ0n) is 14.7. The Bertz CT molecular complexity index is 593. The summed E-state index contributed by atoms with van der Waals surface area (Å²) in [6, 6.07) is 8.12. The van der Waals surface area contributed by atoms with Gasteiger partial charge in [0.1, 0.15) is 0 Å². The molecular formula is C20H29NS2. The molecule has 2 atom stereocenters. The molecule has 1 saturated carbocycles. The van der Waals surface area contributed by atoms with Crippen molar-refractivity contribution in [2.24, 2.45) is 0 Å². The van der Waals surface area contributed by atoms with Gasteiger partial charge in [-0.2, -0.15) is 0 Å². The monoisotopic (exact) mass is 347 g/mol. The van der Waals surface area contributed by atoms with Crippen molar-refractivity contribution in [3.05, 3.63) is 34.9 Å². The first-order valence-corrected chi connectivity index (χ1v) is 11.1.